The van der Waals surface area contributed by atoms with E-state index in [-0.39, 0.29) is 23.8 Å². The maximum Gasteiger partial charge on any atom is 0.226 e. The van der Waals surface area contributed by atoms with Gasteiger partial charge in [-0.3, -0.25) is 14.4 Å². The average molecular weight is 331 g/mol. The van der Waals surface area contributed by atoms with Crippen molar-refractivity contribution in [3.8, 4) is 0 Å². The Balaban J connectivity index is 1.87. The van der Waals surface area contributed by atoms with Crippen LogP contribution in [0, 0.1) is 5.92 Å². The molecule has 3 amide bonds. The molecule has 1 aromatic rings. The summed E-state index contributed by atoms with van der Waals surface area (Å²) in [4.78, 5) is 37.4. The van der Waals surface area contributed by atoms with Gasteiger partial charge >= 0.3 is 0 Å². The first-order valence-electron chi connectivity index (χ1n) is 8.31. The van der Waals surface area contributed by atoms with Crippen molar-refractivity contribution in [1.82, 2.24) is 15.5 Å². The zero-order valence-electron chi connectivity index (χ0n) is 14.2. The number of hydrogen-bond acceptors (Lipinski definition) is 3. The molecule has 0 spiro atoms. The minimum atomic E-state index is -0.392. The van der Waals surface area contributed by atoms with Gasteiger partial charge in [0.15, 0.2) is 0 Å². The summed E-state index contributed by atoms with van der Waals surface area (Å²) in [5.74, 6) is -0.690. The molecule has 2 atom stereocenters. The monoisotopic (exact) mass is 331 g/mol. The van der Waals surface area contributed by atoms with Gasteiger partial charge in [0.1, 0.15) is 0 Å². The molecule has 1 aliphatic heterocycles. The van der Waals surface area contributed by atoms with E-state index in [9.17, 15) is 14.4 Å². The van der Waals surface area contributed by atoms with Crippen LogP contribution >= 0.6 is 0 Å². The van der Waals surface area contributed by atoms with Gasteiger partial charge in [-0.25, -0.2) is 0 Å². The quantitative estimate of drug-likeness (QED) is 0.806. The first-order chi connectivity index (χ1) is 11.5. The summed E-state index contributed by atoms with van der Waals surface area (Å²) in [6, 6.07) is 9.73. The summed E-state index contributed by atoms with van der Waals surface area (Å²) in [6.07, 6.45) is 2.07. The van der Waals surface area contributed by atoms with Gasteiger partial charge in [0.2, 0.25) is 17.7 Å². The van der Waals surface area contributed by atoms with Gasteiger partial charge in [0, 0.05) is 33.5 Å². The van der Waals surface area contributed by atoms with Crippen LogP contribution in [0.1, 0.15) is 25.3 Å². The standard InChI is InChI=1S/C18H25N3O3/c1-13(22)20-16-12-21(11-15(16)18(24)19-2)17(23)10-6-9-14-7-4-3-5-8-14/h3-5,7-8,15-16H,6,9-12H2,1-2H3,(H,19,24)(H,20,22)/t15-,16-/m0/s1. The largest absolute Gasteiger partial charge is 0.359 e. The molecule has 24 heavy (non-hydrogen) atoms. The van der Waals surface area contributed by atoms with Crippen molar-refractivity contribution in [1.29, 1.82) is 0 Å². The van der Waals surface area contributed by atoms with Crippen LogP contribution in [-0.4, -0.2) is 48.8 Å². The lowest BCUT2D eigenvalue weighted by atomic mass is 10.0. The van der Waals surface area contributed by atoms with Gasteiger partial charge in [-0.1, -0.05) is 30.3 Å². The number of benzene rings is 1. The lowest BCUT2D eigenvalue weighted by Crippen LogP contribution is -2.44. The molecule has 2 rings (SSSR count). The van der Waals surface area contributed by atoms with Crippen LogP contribution in [0.3, 0.4) is 0 Å². The number of amides is 3. The van der Waals surface area contributed by atoms with Crippen molar-refractivity contribution < 1.29 is 14.4 Å². The van der Waals surface area contributed by atoms with Gasteiger partial charge in [-0.05, 0) is 18.4 Å². The van der Waals surface area contributed by atoms with Crippen LogP contribution in [0.25, 0.3) is 0 Å². The van der Waals surface area contributed by atoms with E-state index in [1.807, 2.05) is 18.2 Å². The summed E-state index contributed by atoms with van der Waals surface area (Å²) in [6.45, 7) is 2.17. The van der Waals surface area contributed by atoms with Gasteiger partial charge in [0.05, 0.1) is 12.0 Å². The SMILES string of the molecule is CNC(=O)[C@H]1CN(C(=O)CCCc2ccccc2)C[C@@H]1NC(C)=O. The molecule has 1 fully saturated rings. The third-order valence-electron chi connectivity index (χ3n) is 4.34. The normalized spacial score (nSPS) is 19.8. The Labute approximate surface area is 142 Å². The molecule has 0 unspecified atom stereocenters. The molecule has 2 N–H and O–H groups in total. The number of hydrogen-bond donors (Lipinski definition) is 2. The van der Waals surface area contributed by atoms with Gasteiger partial charge in [0.25, 0.3) is 0 Å². The lowest BCUT2D eigenvalue weighted by Gasteiger charge is -2.17. The number of rotatable bonds is 6. The van der Waals surface area contributed by atoms with Crippen LogP contribution in [0.5, 0.6) is 0 Å². The van der Waals surface area contributed by atoms with E-state index in [4.69, 9.17) is 0 Å². The molecular formula is C18H25N3O3. The fourth-order valence-electron chi connectivity index (χ4n) is 3.11. The number of nitrogens with zero attached hydrogens (tertiary/aromatic N) is 1. The molecule has 0 bridgehead atoms. The predicted octanol–water partition coefficient (Wildman–Crippen LogP) is 0.718. The second kappa shape index (κ2) is 8.47. The molecule has 0 saturated carbocycles. The van der Waals surface area contributed by atoms with E-state index in [0.717, 1.165) is 12.8 Å². The molecule has 1 aromatic carbocycles. The van der Waals surface area contributed by atoms with Crippen LogP contribution < -0.4 is 10.6 Å². The molecular weight excluding hydrogens is 306 g/mol. The maximum absolute atomic E-state index is 12.4. The first-order valence-corrected chi connectivity index (χ1v) is 8.31. The highest BCUT2D eigenvalue weighted by atomic mass is 16.2. The maximum atomic E-state index is 12.4. The molecule has 6 nitrogen and oxygen atoms in total. The minimum Gasteiger partial charge on any atom is -0.359 e. The average Bonchev–Trinajstić information content (AvgIpc) is 2.98. The highest BCUT2D eigenvalue weighted by Gasteiger charge is 2.39. The summed E-state index contributed by atoms with van der Waals surface area (Å²) in [7, 11) is 1.57. The highest BCUT2D eigenvalue weighted by molar-refractivity contribution is 5.84. The van der Waals surface area contributed by atoms with Gasteiger partial charge < -0.3 is 15.5 Å². The van der Waals surface area contributed by atoms with E-state index >= 15 is 0 Å². The molecule has 6 heteroatoms. The third-order valence-corrected chi connectivity index (χ3v) is 4.34. The summed E-state index contributed by atoms with van der Waals surface area (Å²) < 4.78 is 0. The predicted molar refractivity (Wildman–Crippen MR) is 91.1 cm³/mol. The van der Waals surface area contributed by atoms with Crippen molar-refractivity contribution in [2.75, 3.05) is 20.1 Å². The number of nitrogens with one attached hydrogen (secondary N) is 2. The Morgan fingerprint density at radius 2 is 1.88 bits per heavy atom. The molecule has 0 aliphatic carbocycles. The number of aryl methyl sites for hydroxylation is 1. The van der Waals surface area contributed by atoms with Crippen molar-refractivity contribution in [3.05, 3.63) is 35.9 Å². The van der Waals surface area contributed by atoms with E-state index in [0.29, 0.717) is 19.5 Å². The van der Waals surface area contributed by atoms with Crippen molar-refractivity contribution in [2.24, 2.45) is 5.92 Å². The first kappa shape index (κ1) is 18.0. The third kappa shape index (κ3) is 4.81. The molecule has 130 valence electrons. The number of carbonyl (C=O) groups is 3. The second-order valence-corrected chi connectivity index (χ2v) is 6.17. The van der Waals surface area contributed by atoms with E-state index in [1.54, 1.807) is 11.9 Å². The summed E-state index contributed by atoms with van der Waals surface area (Å²) in [5.41, 5.74) is 1.21. The molecule has 0 aromatic heterocycles. The van der Waals surface area contributed by atoms with Gasteiger partial charge in [-0.2, -0.15) is 0 Å². The van der Waals surface area contributed by atoms with E-state index in [2.05, 4.69) is 22.8 Å². The fraction of sp³-hybridized carbons (Fsp3) is 0.500. The summed E-state index contributed by atoms with van der Waals surface area (Å²) in [5, 5.41) is 5.39. The molecule has 1 heterocycles. The Kier molecular flexibility index (Phi) is 6.35. The van der Waals surface area contributed by atoms with Crippen molar-refractivity contribution >= 4 is 17.7 Å². The number of carbonyl (C=O) groups excluding carboxylic acids is 3. The molecule has 1 saturated heterocycles. The van der Waals surface area contributed by atoms with Crippen LogP contribution in [0.2, 0.25) is 0 Å². The number of likely N-dealkylation sites (tertiary alicyclic amines) is 1. The zero-order chi connectivity index (χ0) is 17.5. The Hall–Kier alpha value is -2.37. The van der Waals surface area contributed by atoms with E-state index in [1.165, 1.54) is 12.5 Å². The van der Waals surface area contributed by atoms with E-state index < -0.39 is 5.92 Å². The molecule has 1 aliphatic rings. The van der Waals surface area contributed by atoms with Gasteiger partial charge in [-0.15, -0.1) is 0 Å². The highest BCUT2D eigenvalue weighted by Crippen LogP contribution is 2.19. The fourth-order valence-corrected chi connectivity index (χ4v) is 3.11. The van der Waals surface area contributed by atoms with Crippen molar-refractivity contribution in [3.63, 3.8) is 0 Å². The second-order valence-electron chi connectivity index (χ2n) is 6.17. The topological polar surface area (TPSA) is 78.5 Å². The van der Waals surface area contributed by atoms with Crippen molar-refractivity contribution in [2.45, 2.75) is 32.2 Å². The molecule has 0 radical (unpaired) electrons. The smallest absolute Gasteiger partial charge is 0.226 e. The lowest BCUT2D eigenvalue weighted by molar-refractivity contribution is -0.131. The Bertz CT molecular complexity index is 588. The van der Waals surface area contributed by atoms with Crippen LogP contribution in [0.15, 0.2) is 30.3 Å². The van der Waals surface area contributed by atoms with Crippen LogP contribution in [0.4, 0.5) is 0 Å². The summed E-state index contributed by atoms with van der Waals surface area (Å²) >= 11 is 0. The Morgan fingerprint density at radius 3 is 2.50 bits per heavy atom. The minimum absolute atomic E-state index is 0.0349. The van der Waals surface area contributed by atoms with Crippen LogP contribution in [-0.2, 0) is 20.8 Å². The zero-order valence-corrected chi connectivity index (χ0v) is 14.2. The Morgan fingerprint density at radius 1 is 1.17 bits per heavy atom.